The fourth-order valence-corrected chi connectivity index (χ4v) is 1.67. The normalized spacial score (nSPS) is 13.6. The SMILES string of the molecule is CCC(C)(C#N)NC(=O)c1c(F)cc(Br)cc1F. The number of rotatable bonds is 3. The first kappa shape index (κ1) is 14.6. The molecule has 3 nitrogen and oxygen atoms in total. The molecule has 1 amide bonds. The molecule has 1 N–H and O–H groups in total. The molecule has 0 aliphatic carbocycles. The van der Waals surface area contributed by atoms with E-state index in [1.165, 1.54) is 6.92 Å². The summed E-state index contributed by atoms with van der Waals surface area (Å²) in [7, 11) is 0. The molecule has 96 valence electrons. The number of benzene rings is 1. The first-order chi connectivity index (χ1) is 8.33. The Hall–Kier alpha value is -1.48. The molecule has 6 heteroatoms. The first-order valence-electron chi connectivity index (χ1n) is 5.21. The average molecular weight is 317 g/mol. The molecule has 1 aromatic carbocycles. The third-order valence-electron chi connectivity index (χ3n) is 2.58. The molecule has 1 rings (SSSR count). The molecule has 18 heavy (non-hydrogen) atoms. The number of nitriles is 1. The Labute approximate surface area is 112 Å². The lowest BCUT2D eigenvalue weighted by Gasteiger charge is -2.21. The molecule has 0 spiro atoms. The number of nitrogens with zero attached hydrogens (tertiary/aromatic N) is 1. The molecule has 0 aliphatic rings. The Balaban J connectivity index is 3.10. The summed E-state index contributed by atoms with van der Waals surface area (Å²) in [6, 6.07) is 3.88. The van der Waals surface area contributed by atoms with Gasteiger partial charge >= 0.3 is 0 Å². The fraction of sp³-hybridized carbons (Fsp3) is 0.333. The number of hydrogen-bond acceptors (Lipinski definition) is 2. The third-order valence-corrected chi connectivity index (χ3v) is 3.04. The van der Waals surface area contributed by atoms with Crippen LogP contribution in [0.25, 0.3) is 0 Å². The van der Waals surface area contributed by atoms with Crippen LogP contribution in [-0.4, -0.2) is 11.4 Å². The Morgan fingerprint density at radius 2 is 2.00 bits per heavy atom. The van der Waals surface area contributed by atoms with Gasteiger partial charge < -0.3 is 5.32 Å². The summed E-state index contributed by atoms with van der Waals surface area (Å²) in [5.41, 5.74) is -1.84. The maximum Gasteiger partial charge on any atom is 0.258 e. The van der Waals surface area contributed by atoms with Crippen LogP contribution >= 0.6 is 15.9 Å². The molecular formula is C12H11BrF2N2O. The Bertz CT molecular complexity index is 504. The van der Waals surface area contributed by atoms with Gasteiger partial charge in [-0.1, -0.05) is 22.9 Å². The number of hydrogen-bond donors (Lipinski definition) is 1. The molecule has 0 radical (unpaired) electrons. The molecular weight excluding hydrogens is 306 g/mol. The maximum atomic E-state index is 13.5. The second kappa shape index (κ2) is 5.44. The van der Waals surface area contributed by atoms with Crippen molar-refractivity contribution in [2.75, 3.05) is 0 Å². The van der Waals surface area contributed by atoms with Crippen molar-refractivity contribution in [3.63, 3.8) is 0 Å². The Morgan fingerprint density at radius 3 is 2.39 bits per heavy atom. The summed E-state index contributed by atoms with van der Waals surface area (Å²) in [5.74, 6) is -2.89. The van der Waals surface area contributed by atoms with E-state index >= 15 is 0 Å². The van der Waals surface area contributed by atoms with E-state index in [0.717, 1.165) is 12.1 Å². The van der Waals surface area contributed by atoms with E-state index in [9.17, 15) is 13.6 Å². The fourth-order valence-electron chi connectivity index (χ4n) is 1.27. The lowest BCUT2D eigenvalue weighted by molar-refractivity contribution is 0.0914. The quantitative estimate of drug-likeness (QED) is 0.931. The zero-order valence-electron chi connectivity index (χ0n) is 9.85. The molecule has 0 aromatic heterocycles. The third kappa shape index (κ3) is 3.05. The Kier molecular flexibility index (Phi) is 4.41. The van der Waals surface area contributed by atoms with Gasteiger partial charge in [-0.05, 0) is 25.5 Å². The summed E-state index contributed by atoms with van der Waals surface area (Å²) in [4.78, 5) is 11.8. The van der Waals surface area contributed by atoms with Gasteiger partial charge in [0.25, 0.3) is 5.91 Å². The highest BCUT2D eigenvalue weighted by atomic mass is 79.9. The standard InChI is InChI=1S/C12H11BrF2N2O/c1-3-12(2,6-16)17-11(18)10-8(14)4-7(13)5-9(10)15/h4-5H,3H2,1-2H3,(H,17,18). The van der Waals surface area contributed by atoms with Gasteiger partial charge in [-0.15, -0.1) is 0 Å². The second-order valence-corrected chi connectivity index (χ2v) is 4.91. The average Bonchev–Trinajstić information content (AvgIpc) is 2.27. The van der Waals surface area contributed by atoms with Gasteiger partial charge in [0.1, 0.15) is 22.7 Å². The van der Waals surface area contributed by atoms with Crippen molar-refractivity contribution in [1.82, 2.24) is 5.32 Å². The molecule has 1 atom stereocenters. The van der Waals surface area contributed by atoms with Crippen LogP contribution in [0.5, 0.6) is 0 Å². The monoisotopic (exact) mass is 316 g/mol. The lowest BCUT2D eigenvalue weighted by atomic mass is 10.0. The van der Waals surface area contributed by atoms with E-state index in [1.54, 1.807) is 6.92 Å². The van der Waals surface area contributed by atoms with Crippen molar-refractivity contribution in [3.05, 3.63) is 33.8 Å². The highest BCUT2D eigenvalue weighted by molar-refractivity contribution is 9.10. The highest BCUT2D eigenvalue weighted by Crippen LogP contribution is 2.20. The predicted molar refractivity (Wildman–Crippen MR) is 65.8 cm³/mol. The van der Waals surface area contributed by atoms with E-state index in [4.69, 9.17) is 5.26 Å². The summed E-state index contributed by atoms with van der Waals surface area (Å²) < 4.78 is 27.3. The number of nitrogens with one attached hydrogen (secondary N) is 1. The largest absolute Gasteiger partial charge is 0.334 e. The molecule has 1 aromatic rings. The lowest BCUT2D eigenvalue weighted by Crippen LogP contribution is -2.44. The number of carbonyl (C=O) groups excluding carboxylic acids is 1. The molecule has 0 bridgehead atoms. The number of halogens is 3. The van der Waals surface area contributed by atoms with Crippen molar-refractivity contribution in [2.24, 2.45) is 0 Å². The molecule has 0 saturated carbocycles. The van der Waals surface area contributed by atoms with Crippen molar-refractivity contribution in [2.45, 2.75) is 25.8 Å². The van der Waals surface area contributed by atoms with Gasteiger partial charge in [-0.25, -0.2) is 8.78 Å². The van der Waals surface area contributed by atoms with Gasteiger partial charge in [-0.3, -0.25) is 4.79 Å². The van der Waals surface area contributed by atoms with Crippen LogP contribution < -0.4 is 5.32 Å². The molecule has 1 unspecified atom stereocenters. The summed E-state index contributed by atoms with van der Waals surface area (Å²) in [6.45, 7) is 3.18. The Morgan fingerprint density at radius 1 is 1.50 bits per heavy atom. The van der Waals surface area contributed by atoms with Gasteiger partial charge in [0, 0.05) is 4.47 Å². The van der Waals surface area contributed by atoms with Crippen LogP contribution in [0.2, 0.25) is 0 Å². The van der Waals surface area contributed by atoms with Crippen LogP contribution in [-0.2, 0) is 0 Å². The number of amides is 1. The molecule has 0 saturated heterocycles. The van der Waals surface area contributed by atoms with E-state index in [1.807, 2.05) is 6.07 Å². The minimum Gasteiger partial charge on any atom is -0.334 e. The van der Waals surface area contributed by atoms with Gasteiger partial charge in [-0.2, -0.15) is 5.26 Å². The van der Waals surface area contributed by atoms with Crippen molar-refractivity contribution in [3.8, 4) is 6.07 Å². The summed E-state index contributed by atoms with van der Waals surface area (Å²) >= 11 is 2.92. The molecule has 0 fully saturated rings. The van der Waals surface area contributed by atoms with Crippen LogP contribution in [0, 0.1) is 23.0 Å². The minimum atomic E-state index is -1.15. The van der Waals surface area contributed by atoms with E-state index in [0.29, 0.717) is 6.42 Å². The van der Waals surface area contributed by atoms with Crippen molar-refractivity contribution < 1.29 is 13.6 Å². The first-order valence-corrected chi connectivity index (χ1v) is 6.00. The molecule has 0 aliphatic heterocycles. The van der Waals surface area contributed by atoms with Gasteiger partial charge in [0.2, 0.25) is 0 Å². The smallest absolute Gasteiger partial charge is 0.258 e. The van der Waals surface area contributed by atoms with E-state index in [-0.39, 0.29) is 4.47 Å². The second-order valence-electron chi connectivity index (χ2n) is 4.00. The van der Waals surface area contributed by atoms with Crippen LogP contribution in [0.1, 0.15) is 30.6 Å². The van der Waals surface area contributed by atoms with E-state index in [2.05, 4.69) is 21.2 Å². The summed E-state index contributed by atoms with van der Waals surface area (Å²) in [5, 5.41) is 11.2. The topological polar surface area (TPSA) is 52.9 Å². The van der Waals surface area contributed by atoms with Gasteiger partial charge in [0.05, 0.1) is 6.07 Å². The van der Waals surface area contributed by atoms with E-state index < -0.39 is 28.6 Å². The maximum absolute atomic E-state index is 13.5. The van der Waals surface area contributed by atoms with Crippen LogP contribution in [0.15, 0.2) is 16.6 Å². The predicted octanol–water partition coefficient (Wildman–Crippen LogP) is 3.15. The summed E-state index contributed by atoms with van der Waals surface area (Å²) in [6.07, 6.45) is 0.328. The van der Waals surface area contributed by atoms with Gasteiger partial charge in [0.15, 0.2) is 0 Å². The van der Waals surface area contributed by atoms with Crippen LogP contribution in [0.4, 0.5) is 8.78 Å². The highest BCUT2D eigenvalue weighted by Gasteiger charge is 2.27. The van der Waals surface area contributed by atoms with Crippen LogP contribution in [0.3, 0.4) is 0 Å². The van der Waals surface area contributed by atoms with Crippen molar-refractivity contribution >= 4 is 21.8 Å². The zero-order chi connectivity index (χ0) is 13.9. The molecule has 0 heterocycles. The minimum absolute atomic E-state index is 0.201. The zero-order valence-corrected chi connectivity index (χ0v) is 11.4. The number of carbonyl (C=O) groups is 1. The van der Waals surface area contributed by atoms with Crippen molar-refractivity contribution in [1.29, 1.82) is 5.26 Å².